The molecule has 5 heteroatoms. The van der Waals surface area contributed by atoms with Gasteiger partial charge in [-0.3, -0.25) is 4.98 Å². The van der Waals surface area contributed by atoms with Gasteiger partial charge in [0.2, 0.25) is 0 Å². The van der Waals surface area contributed by atoms with Crippen molar-refractivity contribution in [2.24, 2.45) is 0 Å². The van der Waals surface area contributed by atoms with Crippen molar-refractivity contribution in [2.45, 2.75) is 0 Å². The second-order valence-corrected chi connectivity index (χ2v) is 11.9. The first-order valence-corrected chi connectivity index (χ1v) is 16.2. The summed E-state index contributed by atoms with van der Waals surface area (Å²) in [6.07, 6.45) is 1.81. The van der Waals surface area contributed by atoms with Crippen LogP contribution in [0.3, 0.4) is 0 Å². The van der Waals surface area contributed by atoms with Gasteiger partial charge in [-0.1, -0.05) is 140 Å². The fourth-order valence-electron chi connectivity index (χ4n) is 6.88. The van der Waals surface area contributed by atoms with Gasteiger partial charge in [0.25, 0.3) is 0 Å². The van der Waals surface area contributed by atoms with Crippen LogP contribution in [0.1, 0.15) is 0 Å². The van der Waals surface area contributed by atoms with Crippen LogP contribution in [-0.2, 0) is 0 Å². The maximum absolute atomic E-state index is 6.49. The van der Waals surface area contributed by atoms with E-state index in [0.717, 1.165) is 77.7 Å². The molecule has 0 unspecified atom stereocenters. The monoisotopic (exact) mass is 628 g/mol. The molecule has 9 rings (SSSR count). The second-order valence-electron chi connectivity index (χ2n) is 11.9. The molecule has 0 aliphatic rings. The van der Waals surface area contributed by atoms with Crippen molar-refractivity contribution < 1.29 is 4.42 Å². The number of fused-ring (bicyclic) bond motifs is 3. The lowest BCUT2D eigenvalue weighted by atomic mass is 9.83. The van der Waals surface area contributed by atoms with Crippen molar-refractivity contribution in [2.75, 3.05) is 0 Å². The minimum absolute atomic E-state index is 0.700. The quantitative estimate of drug-likeness (QED) is 0.183. The van der Waals surface area contributed by atoms with Crippen LogP contribution in [0.4, 0.5) is 0 Å². The van der Waals surface area contributed by atoms with Crippen LogP contribution in [0.2, 0.25) is 0 Å². The van der Waals surface area contributed by atoms with Crippen molar-refractivity contribution >= 4 is 21.9 Å². The fourth-order valence-corrected chi connectivity index (χ4v) is 6.88. The maximum Gasteiger partial charge on any atom is 0.136 e. The van der Waals surface area contributed by atoms with E-state index in [1.54, 1.807) is 0 Å². The Morgan fingerprint density at radius 2 is 1.00 bits per heavy atom. The van der Waals surface area contributed by atoms with E-state index < -0.39 is 0 Å². The Hall–Kier alpha value is -6.72. The minimum atomic E-state index is 0.700. The summed E-state index contributed by atoms with van der Waals surface area (Å²) in [5.74, 6) is 0. The highest BCUT2D eigenvalue weighted by molar-refractivity contribution is 6.18. The number of rotatable bonds is 6. The van der Waals surface area contributed by atoms with E-state index >= 15 is 0 Å². The Morgan fingerprint density at radius 3 is 1.71 bits per heavy atom. The van der Waals surface area contributed by atoms with E-state index in [9.17, 15) is 0 Å². The lowest BCUT2D eigenvalue weighted by Gasteiger charge is -2.21. The molecular weight excluding hydrogens is 601 g/mol. The third kappa shape index (κ3) is 4.96. The van der Waals surface area contributed by atoms with Gasteiger partial charge in [-0.2, -0.15) is 0 Å². The fraction of sp³-hybridized carbons (Fsp3) is 0. The predicted molar refractivity (Wildman–Crippen MR) is 198 cm³/mol. The number of para-hydroxylation sites is 1. The molecule has 0 atom stereocenters. The van der Waals surface area contributed by atoms with Crippen LogP contribution in [0.15, 0.2) is 174 Å². The molecule has 6 aromatic carbocycles. The molecule has 0 saturated heterocycles. The summed E-state index contributed by atoms with van der Waals surface area (Å²) < 4.78 is 6.49. The topological polar surface area (TPSA) is 64.7 Å². The molecule has 0 bridgehead atoms. The van der Waals surface area contributed by atoms with Gasteiger partial charge in [0, 0.05) is 33.7 Å². The molecule has 0 amide bonds. The highest BCUT2D eigenvalue weighted by Gasteiger charge is 2.27. The Kier molecular flexibility index (Phi) is 7.06. The van der Waals surface area contributed by atoms with Gasteiger partial charge in [-0.15, -0.1) is 10.2 Å². The molecule has 9 aromatic rings. The molecule has 0 aliphatic heterocycles. The van der Waals surface area contributed by atoms with Crippen molar-refractivity contribution in [1.29, 1.82) is 0 Å². The molecule has 0 fully saturated rings. The summed E-state index contributed by atoms with van der Waals surface area (Å²) in [7, 11) is 0. The molecule has 0 spiro atoms. The summed E-state index contributed by atoms with van der Waals surface area (Å²) in [5.41, 5.74) is 12.9. The van der Waals surface area contributed by atoms with Crippen molar-refractivity contribution in [1.82, 2.24) is 20.4 Å². The smallest absolute Gasteiger partial charge is 0.136 e. The van der Waals surface area contributed by atoms with Gasteiger partial charge < -0.3 is 4.42 Å². The molecule has 49 heavy (non-hydrogen) atoms. The van der Waals surface area contributed by atoms with Crippen LogP contribution in [0, 0.1) is 0 Å². The maximum atomic E-state index is 6.49. The second kappa shape index (κ2) is 12.1. The van der Waals surface area contributed by atoms with Crippen molar-refractivity contribution in [3.05, 3.63) is 170 Å². The Labute approximate surface area is 283 Å². The molecule has 0 saturated carbocycles. The first-order valence-electron chi connectivity index (χ1n) is 16.2. The normalized spacial score (nSPS) is 11.3. The Morgan fingerprint density at radius 1 is 0.388 bits per heavy atom. The zero-order valence-corrected chi connectivity index (χ0v) is 26.4. The zero-order chi connectivity index (χ0) is 32.6. The molecular formula is C44H28N4O. The van der Waals surface area contributed by atoms with E-state index in [0.29, 0.717) is 11.4 Å². The average molecular weight is 629 g/mol. The number of hydrogen-bond donors (Lipinski definition) is 0. The summed E-state index contributed by atoms with van der Waals surface area (Å²) in [6.45, 7) is 0. The molecule has 5 nitrogen and oxygen atoms in total. The highest BCUT2D eigenvalue weighted by Crippen LogP contribution is 2.50. The summed E-state index contributed by atoms with van der Waals surface area (Å²) in [6, 6.07) is 56.0. The van der Waals surface area contributed by atoms with Gasteiger partial charge in [0.15, 0.2) is 0 Å². The number of pyridine rings is 1. The van der Waals surface area contributed by atoms with E-state index in [1.165, 1.54) is 0 Å². The van der Waals surface area contributed by atoms with E-state index in [2.05, 4.69) is 113 Å². The first kappa shape index (κ1) is 28.5. The first-order chi connectivity index (χ1) is 24.3. The van der Waals surface area contributed by atoms with E-state index in [-0.39, 0.29) is 0 Å². The van der Waals surface area contributed by atoms with Gasteiger partial charge in [0.05, 0.1) is 11.3 Å². The van der Waals surface area contributed by atoms with Crippen LogP contribution < -0.4 is 0 Å². The summed E-state index contributed by atoms with van der Waals surface area (Å²) >= 11 is 0. The zero-order valence-electron chi connectivity index (χ0n) is 26.4. The molecule has 0 radical (unpaired) electrons. The number of aromatic nitrogens is 4. The van der Waals surface area contributed by atoms with Gasteiger partial charge in [-0.25, -0.2) is 0 Å². The number of hydrogen-bond acceptors (Lipinski definition) is 5. The number of furan rings is 1. The lowest BCUT2D eigenvalue weighted by molar-refractivity contribution is 0.669. The predicted octanol–water partition coefficient (Wildman–Crippen LogP) is 11.2. The van der Waals surface area contributed by atoms with Gasteiger partial charge in [0.1, 0.15) is 22.6 Å². The van der Waals surface area contributed by atoms with Crippen LogP contribution >= 0.6 is 0 Å². The SMILES string of the molecule is c1ccc(-c2cccc(-c3c(-c4ccccc4)ccc4oc5ccccc5c34)c2-c2nnnc(-c3ccccc3)c2-c2ccccn2)cc1. The molecule has 230 valence electrons. The van der Waals surface area contributed by atoms with Crippen molar-refractivity contribution in [3.63, 3.8) is 0 Å². The molecule has 3 heterocycles. The average Bonchev–Trinajstić information content (AvgIpc) is 3.57. The van der Waals surface area contributed by atoms with Gasteiger partial charge >= 0.3 is 0 Å². The van der Waals surface area contributed by atoms with Crippen molar-refractivity contribution in [3.8, 4) is 67.2 Å². The minimum Gasteiger partial charge on any atom is -0.456 e. The molecule has 0 N–H and O–H groups in total. The van der Waals surface area contributed by atoms with Crippen LogP contribution in [-0.4, -0.2) is 20.4 Å². The van der Waals surface area contributed by atoms with E-state index in [1.807, 2.05) is 66.9 Å². The number of benzene rings is 6. The standard InChI is InChI=1S/C44H28N4O/c1-4-15-29(16-5-1)32-22-14-23-35(39-33(30-17-6-2-7-18-30)26-27-38-41(39)34-21-10-11-25-37(34)49-38)40(32)44-42(36-24-12-13-28-45-36)43(46-48-47-44)31-19-8-3-9-20-31/h1-28H. The highest BCUT2D eigenvalue weighted by atomic mass is 16.3. The Bertz CT molecular complexity index is 2580. The summed E-state index contributed by atoms with van der Waals surface area (Å²) in [5, 5.41) is 16.1. The lowest BCUT2D eigenvalue weighted by Crippen LogP contribution is -2.03. The molecule has 3 aromatic heterocycles. The summed E-state index contributed by atoms with van der Waals surface area (Å²) in [4.78, 5) is 4.85. The molecule has 0 aliphatic carbocycles. The largest absolute Gasteiger partial charge is 0.456 e. The van der Waals surface area contributed by atoms with Gasteiger partial charge in [-0.05, 0) is 57.3 Å². The van der Waals surface area contributed by atoms with E-state index in [4.69, 9.17) is 14.5 Å². The Balaban J connectivity index is 1.47. The van der Waals surface area contributed by atoms with Crippen LogP contribution in [0.5, 0.6) is 0 Å². The van der Waals surface area contributed by atoms with Crippen LogP contribution in [0.25, 0.3) is 89.1 Å². The third-order valence-electron chi connectivity index (χ3n) is 9.01. The third-order valence-corrected chi connectivity index (χ3v) is 9.01. The number of nitrogens with zero attached hydrogens (tertiary/aromatic N) is 4.